The van der Waals surface area contributed by atoms with Gasteiger partial charge >= 0.3 is 0 Å². The topological polar surface area (TPSA) is 48.1 Å². The molecule has 3 nitrogen and oxygen atoms in total. The molecule has 1 aliphatic rings. The molecule has 0 radical (unpaired) electrons. The molecule has 1 aromatic rings. The van der Waals surface area contributed by atoms with Crippen LogP contribution in [0.15, 0.2) is 18.2 Å². The minimum Gasteiger partial charge on any atom is -0.475 e. The molecule has 0 aromatic carbocycles. The number of aromatic nitrogens is 1. The van der Waals surface area contributed by atoms with Gasteiger partial charge in [-0.15, -0.1) is 0 Å². The number of hydrogen-bond acceptors (Lipinski definition) is 3. The normalized spacial score (nSPS) is 26.9. The first kappa shape index (κ1) is 11.4. The van der Waals surface area contributed by atoms with Crippen molar-refractivity contribution in [2.45, 2.75) is 45.8 Å². The monoisotopic (exact) mass is 220 g/mol. The Balaban J connectivity index is 2.18. The second-order valence-electron chi connectivity index (χ2n) is 5.39. The SMILES string of the molecule is CC(C)Oc1cccc([C@@H]2[C@@H](N)C2(C)C)n1. The van der Waals surface area contributed by atoms with E-state index in [1.54, 1.807) is 0 Å². The maximum absolute atomic E-state index is 6.05. The van der Waals surface area contributed by atoms with Crippen LogP contribution >= 0.6 is 0 Å². The number of ether oxygens (including phenoxy) is 1. The van der Waals surface area contributed by atoms with E-state index in [0.29, 0.717) is 11.8 Å². The fourth-order valence-corrected chi connectivity index (χ4v) is 2.15. The first-order valence-corrected chi connectivity index (χ1v) is 5.82. The van der Waals surface area contributed by atoms with E-state index in [4.69, 9.17) is 10.5 Å². The van der Waals surface area contributed by atoms with Crippen molar-refractivity contribution in [2.75, 3.05) is 0 Å². The summed E-state index contributed by atoms with van der Waals surface area (Å²) in [6.07, 6.45) is 0.156. The van der Waals surface area contributed by atoms with E-state index < -0.39 is 0 Å². The molecule has 1 heterocycles. The Morgan fingerprint density at radius 3 is 2.50 bits per heavy atom. The van der Waals surface area contributed by atoms with E-state index >= 15 is 0 Å². The molecule has 16 heavy (non-hydrogen) atoms. The van der Waals surface area contributed by atoms with E-state index in [1.165, 1.54) is 0 Å². The summed E-state index contributed by atoms with van der Waals surface area (Å²) in [5.74, 6) is 1.06. The fourth-order valence-electron chi connectivity index (χ4n) is 2.15. The molecule has 1 aromatic heterocycles. The van der Waals surface area contributed by atoms with Crippen molar-refractivity contribution in [1.29, 1.82) is 0 Å². The van der Waals surface area contributed by atoms with E-state index in [-0.39, 0.29) is 17.6 Å². The average molecular weight is 220 g/mol. The lowest BCUT2D eigenvalue weighted by molar-refractivity contribution is 0.232. The molecule has 2 rings (SSSR count). The van der Waals surface area contributed by atoms with E-state index in [2.05, 4.69) is 18.8 Å². The van der Waals surface area contributed by atoms with Crippen LogP contribution in [0.4, 0.5) is 0 Å². The number of hydrogen-bond donors (Lipinski definition) is 1. The van der Waals surface area contributed by atoms with Crippen molar-refractivity contribution in [3.63, 3.8) is 0 Å². The fraction of sp³-hybridized carbons (Fsp3) is 0.615. The Labute approximate surface area is 97.0 Å². The van der Waals surface area contributed by atoms with Crippen LogP contribution in [-0.4, -0.2) is 17.1 Å². The lowest BCUT2D eigenvalue weighted by Crippen LogP contribution is -2.08. The maximum Gasteiger partial charge on any atom is 0.213 e. The van der Waals surface area contributed by atoms with Gasteiger partial charge in [-0.2, -0.15) is 0 Å². The number of nitrogens with zero attached hydrogens (tertiary/aromatic N) is 1. The van der Waals surface area contributed by atoms with Gasteiger partial charge in [0.1, 0.15) is 0 Å². The standard InChI is InChI=1S/C13H20N2O/c1-8(2)16-10-7-5-6-9(15-10)11-12(14)13(11,3)4/h5-8,11-12H,14H2,1-4H3/t11-,12-/m1/s1. The predicted octanol–water partition coefficient (Wildman–Crippen LogP) is 2.32. The summed E-state index contributed by atoms with van der Waals surface area (Å²) in [6.45, 7) is 8.36. The minimum absolute atomic E-state index is 0.156. The largest absolute Gasteiger partial charge is 0.475 e. The zero-order valence-electron chi connectivity index (χ0n) is 10.4. The van der Waals surface area contributed by atoms with Crippen molar-refractivity contribution in [2.24, 2.45) is 11.1 Å². The molecule has 0 unspecified atom stereocenters. The summed E-state index contributed by atoms with van der Waals surface area (Å²) in [4.78, 5) is 4.52. The highest BCUT2D eigenvalue weighted by atomic mass is 16.5. The number of rotatable bonds is 3. The van der Waals surface area contributed by atoms with Crippen LogP contribution in [0.3, 0.4) is 0 Å². The zero-order valence-corrected chi connectivity index (χ0v) is 10.4. The molecule has 1 aliphatic carbocycles. The highest BCUT2D eigenvalue weighted by Gasteiger charge is 2.57. The van der Waals surface area contributed by atoms with E-state index in [0.717, 1.165) is 5.69 Å². The Hall–Kier alpha value is -1.09. The van der Waals surface area contributed by atoms with E-state index in [1.807, 2.05) is 32.0 Å². The first-order valence-electron chi connectivity index (χ1n) is 5.82. The highest BCUT2D eigenvalue weighted by Crippen LogP contribution is 2.56. The molecule has 2 atom stereocenters. The maximum atomic E-state index is 6.05. The van der Waals surface area contributed by atoms with Gasteiger partial charge in [-0.1, -0.05) is 19.9 Å². The van der Waals surface area contributed by atoms with Gasteiger partial charge in [0.05, 0.1) is 6.10 Å². The number of pyridine rings is 1. The molecular formula is C13H20N2O. The molecule has 2 N–H and O–H groups in total. The van der Waals surface area contributed by atoms with Crippen LogP contribution in [0.1, 0.15) is 39.3 Å². The molecule has 3 heteroatoms. The molecule has 0 aliphatic heterocycles. The molecule has 0 bridgehead atoms. The second kappa shape index (κ2) is 3.74. The van der Waals surface area contributed by atoms with Crippen molar-refractivity contribution >= 4 is 0 Å². The second-order valence-corrected chi connectivity index (χ2v) is 5.39. The Bertz CT molecular complexity index is 387. The summed E-state index contributed by atoms with van der Waals surface area (Å²) >= 11 is 0. The van der Waals surface area contributed by atoms with Gasteiger partial charge in [0.15, 0.2) is 0 Å². The van der Waals surface area contributed by atoms with Gasteiger partial charge in [-0.3, -0.25) is 0 Å². The van der Waals surface area contributed by atoms with Gasteiger partial charge < -0.3 is 10.5 Å². The van der Waals surface area contributed by atoms with Gasteiger partial charge in [0, 0.05) is 23.7 Å². The van der Waals surface area contributed by atoms with Gasteiger partial charge in [-0.25, -0.2) is 4.98 Å². The third-order valence-electron chi connectivity index (χ3n) is 3.33. The summed E-state index contributed by atoms with van der Waals surface area (Å²) < 4.78 is 5.58. The molecular weight excluding hydrogens is 200 g/mol. The van der Waals surface area contributed by atoms with E-state index in [9.17, 15) is 0 Å². The first-order chi connectivity index (χ1) is 7.43. The lowest BCUT2D eigenvalue weighted by Gasteiger charge is -2.10. The predicted molar refractivity (Wildman–Crippen MR) is 64.5 cm³/mol. The van der Waals surface area contributed by atoms with Crippen molar-refractivity contribution in [1.82, 2.24) is 4.98 Å². The summed E-state index contributed by atoms with van der Waals surface area (Å²) in [6, 6.07) is 6.13. The summed E-state index contributed by atoms with van der Waals surface area (Å²) in [5.41, 5.74) is 7.27. The van der Waals surface area contributed by atoms with Gasteiger partial charge in [-0.05, 0) is 25.3 Å². The van der Waals surface area contributed by atoms with Crippen LogP contribution < -0.4 is 10.5 Å². The molecule has 1 saturated carbocycles. The summed E-state index contributed by atoms with van der Waals surface area (Å²) in [5, 5.41) is 0. The van der Waals surface area contributed by atoms with Crippen molar-refractivity contribution in [3.05, 3.63) is 23.9 Å². The van der Waals surface area contributed by atoms with Crippen LogP contribution in [0.5, 0.6) is 5.88 Å². The van der Waals surface area contributed by atoms with Crippen LogP contribution in [-0.2, 0) is 0 Å². The van der Waals surface area contributed by atoms with Gasteiger partial charge in [0.25, 0.3) is 0 Å². The molecule has 88 valence electrons. The smallest absolute Gasteiger partial charge is 0.213 e. The molecule has 0 spiro atoms. The highest BCUT2D eigenvalue weighted by molar-refractivity contribution is 5.31. The summed E-state index contributed by atoms with van der Waals surface area (Å²) in [7, 11) is 0. The third kappa shape index (κ3) is 1.92. The third-order valence-corrected chi connectivity index (χ3v) is 3.33. The molecule has 0 amide bonds. The van der Waals surface area contributed by atoms with Crippen LogP contribution in [0.25, 0.3) is 0 Å². The average Bonchev–Trinajstić information content (AvgIpc) is 2.65. The Morgan fingerprint density at radius 1 is 1.38 bits per heavy atom. The number of nitrogens with two attached hydrogens (primary N) is 1. The lowest BCUT2D eigenvalue weighted by atomic mass is 10.1. The van der Waals surface area contributed by atoms with Gasteiger partial charge in [0.2, 0.25) is 5.88 Å². The zero-order chi connectivity index (χ0) is 11.9. The molecule has 0 saturated heterocycles. The quantitative estimate of drug-likeness (QED) is 0.850. The van der Waals surface area contributed by atoms with Crippen LogP contribution in [0.2, 0.25) is 0 Å². The minimum atomic E-state index is 0.156. The van der Waals surface area contributed by atoms with Crippen LogP contribution in [0, 0.1) is 5.41 Å². The van der Waals surface area contributed by atoms with Crippen molar-refractivity contribution < 1.29 is 4.74 Å². The Morgan fingerprint density at radius 2 is 2.00 bits per heavy atom. The molecule has 1 fully saturated rings. The van der Waals surface area contributed by atoms with Crippen molar-refractivity contribution in [3.8, 4) is 5.88 Å². The Kier molecular flexibility index (Phi) is 2.66.